The molecule has 12 aromatic carbocycles. The molecule has 1 N–H and O–H groups in total. The van der Waals surface area contributed by atoms with Crippen molar-refractivity contribution in [3.8, 4) is 22.3 Å². The van der Waals surface area contributed by atoms with Gasteiger partial charge in [0, 0.05) is 46.0 Å². The van der Waals surface area contributed by atoms with Gasteiger partial charge in [-0.05, 0) is 87.6 Å². The van der Waals surface area contributed by atoms with Gasteiger partial charge in [-0.25, -0.2) is 0 Å². The van der Waals surface area contributed by atoms with E-state index in [1.54, 1.807) is 0 Å². The third-order valence-corrected chi connectivity index (χ3v) is 16.1. The van der Waals surface area contributed by atoms with Crippen LogP contribution in [0.5, 0.6) is 0 Å². The van der Waals surface area contributed by atoms with Gasteiger partial charge in [-0.1, -0.05) is 299 Å². The number of hydrogen-bond donors (Lipinski definition) is 1. The Labute approximate surface area is 481 Å². The minimum absolute atomic E-state index is 0. The Morgan fingerprint density at radius 3 is 0.922 bits per heavy atom. The molecule has 0 atom stereocenters. The smallest absolute Gasteiger partial charge is 0.106 e. The second-order valence-electron chi connectivity index (χ2n) is 20.1. The van der Waals surface area contributed by atoms with Gasteiger partial charge < -0.3 is 26.8 Å². The predicted molar refractivity (Wildman–Crippen MR) is 330 cm³/mol. The van der Waals surface area contributed by atoms with Crippen molar-refractivity contribution in [3.63, 3.8) is 0 Å². The van der Waals surface area contributed by atoms with E-state index in [1.165, 1.54) is 110 Å². The van der Waals surface area contributed by atoms with Crippen LogP contribution < -0.4 is 22.3 Å². The number of benzene rings is 12. The Bertz CT molecular complexity index is 3630. The van der Waals surface area contributed by atoms with Crippen LogP contribution in [0.3, 0.4) is 0 Å². The number of halogens is 3. The summed E-state index contributed by atoms with van der Waals surface area (Å²) < 4.78 is 0.963. The van der Waals surface area contributed by atoms with E-state index in [4.69, 9.17) is 0 Å². The highest BCUT2D eigenvalue weighted by Gasteiger charge is 2.35. The summed E-state index contributed by atoms with van der Waals surface area (Å²) in [5.41, 5.74) is 16.5. The molecule has 5 heteroatoms. The Hall–Kier alpha value is -6.96. The van der Waals surface area contributed by atoms with Crippen LogP contribution in [0.2, 0.25) is 0 Å². The summed E-state index contributed by atoms with van der Waals surface area (Å²) in [6.07, 6.45) is 0. The monoisotopic (exact) mass is 1190 g/mol. The summed E-state index contributed by atoms with van der Waals surface area (Å²) >= 11 is 7.38. The summed E-state index contributed by atoms with van der Waals surface area (Å²) in [7, 11) is 0. The molecule has 2 nitrogen and oxygen atoms in total. The van der Waals surface area contributed by atoms with E-state index >= 15 is 0 Å². The van der Waals surface area contributed by atoms with Crippen molar-refractivity contribution in [1.82, 2.24) is 5.32 Å². The minimum atomic E-state index is 0. The first-order chi connectivity index (χ1) is 37.6. The number of hydrogen-bond acceptors (Lipinski definition) is 1. The molecular weight excluding hydrogens is 1130 g/mol. The highest BCUT2D eigenvalue weighted by atomic mass is 79.9. The zero-order valence-electron chi connectivity index (χ0n) is 43.1. The lowest BCUT2D eigenvalue weighted by molar-refractivity contribution is -0.978. The molecule has 0 spiro atoms. The summed E-state index contributed by atoms with van der Waals surface area (Å²) in [6.45, 7) is 5.83. The lowest BCUT2D eigenvalue weighted by Gasteiger charge is -2.38. The molecule has 1 heterocycles. The van der Waals surface area contributed by atoms with Crippen LogP contribution in [-0.4, -0.2) is 4.48 Å². The standard InChI is InChI=1S/C36H30N.C22H16Br2.C14H15N.BrH/c1-3-11-27(12-4-1)23-37(24-28-13-5-2-6-14-28)25-31-21-19-29-15-7-9-17-33(29)35(31)36-32(26-37)22-20-30-16-8-10-18-34(30)36;23-13-17-11-9-15-5-1-3-7-19(15)21(17)22-18(14-24)12-10-16-6-2-4-8-20(16)22;1-3-7-13(8-4-1)11-15-12-14-9-5-2-6-10-14;/h1-22H,23-26H2;1-12H,13-14H2;1-10,15H,11-12H2;1H/q+1;;;/p-1. The number of alkyl halides is 2. The number of nitrogens with zero attached hydrogens (tertiary/aromatic N) is 1. The first-order valence-corrected chi connectivity index (χ1v) is 28.7. The maximum atomic E-state index is 3.69. The van der Waals surface area contributed by atoms with Crippen molar-refractivity contribution in [2.24, 2.45) is 0 Å². The van der Waals surface area contributed by atoms with E-state index < -0.39 is 0 Å². The van der Waals surface area contributed by atoms with Crippen LogP contribution in [0, 0.1) is 0 Å². The summed E-state index contributed by atoms with van der Waals surface area (Å²) in [6, 6.07) is 96.5. The highest BCUT2D eigenvalue weighted by molar-refractivity contribution is 9.08. The van der Waals surface area contributed by atoms with Crippen molar-refractivity contribution >= 4 is 74.9 Å². The van der Waals surface area contributed by atoms with Gasteiger partial charge in [0.15, 0.2) is 0 Å². The van der Waals surface area contributed by atoms with E-state index in [1.807, 2.05) is 12.1 Å². The van der Waals surface area contributed by atoms with Crippen LogP contribution in [0.4, 0.5) is 0 Å². The molecule has 13 rings (SSSR count). The van der Waals surface area contributed by atoms with Gasteiger partial charge in [0.1, 0.15) is 26.2 Å². The average molecular weight is 1190 g/mol. The molecule has 0 unspecified atom stereocenters. The Kier molecular flexibility index (Phi) is 17.7. The van der Waals surface area contributed by atoms with Crippen molar-refractivity contribution in [3.05, 3.63) is 311 Å². The van der Waals surface area contributed by atoms with E-state index in [0.29, 0.717) is 0 Å². The fourth-order valence-electron chi connectivity index (χ4n) is 11.5. The van der Waals surface area contributed by atoms with E-state index in [9.17, 15) is 0 Å². The zero-order valence-corrected chi connectivity index (χ0v) is 47.9. The molecule has 12 aromatic rings. The first kappa shape index (κ1) is 53.4. The van der Waals surface area contributed by atoms with Gasteiger partial charge in [-0.3, -0.25) is 0 Å². The fraction of sp³-hybridized carbons (Fsp3) is 0.111. The molecule has 0 bridgehead atoms. The molecule has 0 saturated carbocycles. The third-order valence-electron chi connectivity index (χ3n) is 14.9. The number of quaternary nitrogens is 1. The van der Waals surface area contributed by atoms with Crippen LogP contribution in [0.25, 0.3) is 65.3 Å². The molecule has 0 radical (unpaired) electrons. The third kappa shape index (κ3) is 12.3. The maximum Gasteiger partial charge on any atom is 0.106 e. The molecule has 1 aliphatic rings. The fourth-order valence-corrected chi connectivity index (χ4v) is 12.4. The molecule has 0 saturated heterocycles. The molecule has 0 aromatic heterocycles. The highest BCUT2D eigenvalue weighted by Crippen LogP contribution is 2.45. The Morgan fingerprint density at radius 1 is 0.299 bits per heavy atom. The van der Waals surface area contributed by atoms with Crippen molar-refractivity contribution in [2.75, 3.05) is 0 Å². The molecule has 380 valence electrons. The lowest BCUT2D eigenvalue weighted by atomic mass is 9.88. The predicted octanol–water partition coefficient (Wildman–Crippen LogP) is 16.3. The number of nitrogens with one attached hydrogen (secondary N) is 1. The maximum absolute atomic E-state index is 3.69. The second kappa shape index (κ2) is 25.5. The summed E-state index contributed by atoms with van der Waals surface area (Å²) in [5.74, 6) is 0. The summed E-state index contributed by atoms with van der Waals surface area (Å²) in [4.78, 5) is 0. The van der Waals surface area contributed by atoms with Crippen LogP contribution in [0.15, 0.2) is 267 Å². The molecule has 1 aliphatic heterocycles. The van der Waals surface area contributed by atoms with Crippen LogP contribution >= 0.6 is 31.9 Å². The van der Waals surface area contributed by atoms with Crippen LogP contribution in [0.1, 0.15) is 44.5 Å². The van der Waals surface area contributed by atoms with E-state index in [2.05, 4.69) is 292 Å². The number of fused-ring (bicyclic) bond motifs is 9. The van der Waals surface area contributed by atoms with Gasteiger partial charge in [-0.15, -0.1) is 0 Å². The van der Waals surface area contributed by atoms with Gasteiger partial charge in [0.05, 0.1) is 0 Å². The average Bonchev–Trinajstić information content (AvgIpc) is 3.80. The SMILES string of the molecule is BrCc1ccc2ccccc2c1-c1c(CBr)ccc2ccccc12.[Br-].c1ccc(CNCc2ccccc2)cc1.c1ccc(C[N+]2(Cc3ccccc3)Cc3ccc4ccccc4c3-c3c(ccc4ccccc34)C2)cc1. The van der Waals surface area contributed by atoms with E-state index in [0.717, 1.165) is 54.4 Å². The Balaban J connectivity index is 0.000000144. The lowest BCUT2D eigenvalue weighted by Crippen LogP contribution is -3.00. The number of rotatable bonds is 11. The van der Waals surface area contributed by atoms with Crippen molar-refractivity contribution in [1.29, 1.82) is 0 Å². The molecule has 0 amide bonds. The second-order valence-corrected chi connectivity index (χ2v) is 21.2. The first-order valence-electron chi connectivity index (χ1n) is 26.4. The molecule has 0 aliphatic carbocycles. The van der Waals surface area contributed by atoms with Gasteiger partial charge in [0.25, 0.3) is 0 Å². The largest absolute Gasteiger partial charge is 1.00 e. The molecular formula is C72H61Br3N2. The quantitative estimate of drug-likeness (QED) is 0.101. The Morgan fingerprint density at radius 2 is 0.584 bits per heavy atom. The topological polar surface area (TPSA) is 12.0 Å². The van der Waals surface area contributed by atoms with Gasteiger partial charge in [0.2, 0.25) is 0 Å². The van der Waals surface area contributed by atoms with Crippen LogP contribution in [-0.2, 0) is 49.9 Å². The normalized spacial score (nSPS) is 12.3. The van der Waals surface area contributed by atoms with Crippen molar-refractivity contribution in [2.45, 2.75) is 49.9 Å². The zero-order chi connectivity index (χ0) is 51.5. The summed E-state index contributed by atoms with van der Waals surface area (Å²) in [5, 5.41) is 15.6. The molecule has 77 heavy (non-hydrogen) atoms. The van der Waals surface area contributed by atoms with Crippen molar-refractivity contribution < 1.29 is 21.5 Å². The molecule has 0 fully saturated rings. The van der Waals surface area contributed by atoms with E-state index in [-0.39, 0.29) is 17.0 Å². The minimum Gasteiger partial charge on any atom is -1.00 e. The van der Waals surface area contributed by atoms with Gasteiger partial charge >= 0.3 is 0 Å². The van der Waals surface area contributed by atoms with Gasteiger partial charge in [-0.2, -0.15) is 0 Å².